The number of aliphatic hydroxyl groups excluding tert-OH is 1. The normalized spacial score (nSPS) is 32.8. The van der Waals surface area contributed by atoms with Gasteiger partial charge < -0.3 is 9.84 Å². The number of aliphatic hydroxyl groups is 1. The summed E-state index contributed by atoms with van der Waals surface area (Å²) in [6, 6.07) is 9.35. The Morgan fingerprint density at radius 3 is 2.70 bits per heavy atom. The quantitative estimate of drug-likeness (QED) is 0.539. The summed E-state index contributed by atoms with van der Waals surface area (Å²) >= 11 is 0. The van der Waals surface area contributed by atoms with E-state index in [0.717, 1.165) is 19.3 Å². The minimum absolute atomic E-state index is 0.0371. The van der Waals surface area contributed by atoms with Crippen molar-refractivity contribution in [3.05, 3.63) is 48.0 Å². The second-order valence-corrected chi connectivity index (χ2v) is 8.87. The molecule has 1 aromatic carbocycles. The van der Waals surface area contributed by atoms with Crippen molar-refractivity contribution in [3.8, 4) is 0 Å². The van der Waals surface area contributed by atoms with Crippen LogP contribution >= 0.6 is 0 Å². The highest BCUT2D eigenvalue weighted by Crippen LogP contribution is 2.58. The summed E-state index contributed by atoms with van der Waals surface area (Å²) in [4.78, 5) is 12.6. The highest BCUT2D eigenvalue weighted by atomic mass is 16.5. The van der Waals surface area contributed by atoms with Crippen molar-refractivity contribution < 1.29 is 14.6 Å². The molecule has 2 aliphatic rings. The van der Waals surface area contributed by atoms with E-state index in [0.29, 0.717) is 29.7 Å². The number of fused-ring (bicyclic) bond motifs is 1. The van der Waals surface area contributed by atoms with Gasteiger partial charge in [-0.1, -0.05) is 44.2 Å². The summed E-state index contributed by atoms with van der Waals surface area (Å²) in [6.07, 6.45) is 10.5. The van der Waals surface area contributed by atoms with Crippen molar-refractivity contribution in [2.45, 2.75) is 71.5 Å². The van der Waals surface area contributed by atoms with Gasteiger partial charge in [0.25, 0.3) is 0 Å². The number of allylic oxidation sites excluding steroid dienone is 1. The molecule has 6 atom stereocenters. The molecule has 0 unspecified atom stereocenters. The van der Waals surface area contributed by atoms with E-state index >= 15 is 0 Å². The Labute approximate surface area is 163 Å². The van der Waals surface area contributed by atoms with Crippen molar-refractivity contribution >= 4 is 5.97 Å². The lowest BCUT2D eigenvalue weighted by Gasteiger charge is -2.45. The fraction of sp³-hybridized carbons (Fsp3) is 0.625. The molecule has 0 spiro atoms. The topological polar surface area (TPSA) is 46.5 Å². The van der Waals surface area contributed by atoms with Gasteiger partial charge in [0.05, 0.1) is 11.7 Å². The number of esters is 1. The standard InChI is InChI=1S/C24H34O3/c1-17(9-7-10-18(2)25)20-14-15-21-22(13-8-16-24(20,21)3)27-23(26)19-11-5-4-6-12-19/h4-7,9,11-12,17-18,20-22,25H,8,10,13-16H2,1-3H3/b9-7+/t17-,18+,20-,21+,22+,24-/m1/s1. The second kappa shape index (κ2) is 8.60. The zero-order valence-corrected chi connectivity index (χ0v) is 16.9. The molecule has 0 radical (unpaired) electrons. The Morgan fingerprint density at radius 1 is 1.26 bits per heavy atom. The first-order valence-electron chi connectivity index (χ1n) is 10.5. The van der Waals surface area contributed by atoms with Gasteiger partial charge in [-0.3, -0.25) is 0 Å². The third-order valence-corrected chi connectivity index (χ3v) is 6.96. The Kier molecular flexibility index (Phi) is 6.41. The summed E-state index contributed by atoms with van der Waals surface area (Å²) in [6.45, 7) is 6.54. The molecule has 1 N–H and O–H groups in total. The van der Waals surface area contributed by atoms with Crippen molar-refractivity contribution in [3.63, 3.8) is 0 Å². The average Bonchev–Trinajstić information content (AvgIpc) is 3.00. The van der Waals surface area contributed by atoms with Gasteiger partial charge in [-0.2, -0.15) is 0 Å². The van der Waals surface area contributed by atoms with Crippen LogP contribution in [0, 0.1) is 23.2 Å². The molecule has 3 rings (SSSR count). The number of hydrogen-bond donors (Lipinski definition) is 1. The van der Waals surface area contributed by atoms with Crippen LogP contribution in [0.2, 0.25) is 0 Å². The Balaban J connectivity index is 1.68. The summed E-state index contributed by atoms with van der Waals surface area (Å²) in [5.41, 5.74) is 0.878. The first-order chi connectivity index (χ1) is 12.9. The maximum absolute atomic E-state index is 12.6. The van der Waals surface area contributed by atoms with Crippen molar-refractivity contribution in [2.75, 3.05) is 0 Å². The summed E-state index contributed by atoms with van der Waals surface area (Å²) < 4.78 is 6.01. The monoisotopic (exact) mass is 370 g/mol. The number of hydrogen-bond acceptors (Lipinski definition) is 3. The Bertz CT molecular complexity index is 651. The van der Waals surface area contributed by atoms with Gasteiger partial charge >= 0.3 is 5.97 Å². The molecule has 0 saturated heterocycles. The van der Waals surface area contributed by atoms with Crippen LogP contribution in [0.3, 0.4) is 0 Å². The molecule has 0 aliphatic heterocycles. The van der Waals surface area contributed by atoms with Crippen LogP contribution in [0.25, 0.3) is 0 Å². The summed E-state index contributed by atoms with van der Waals surface area (Å²) in [5, 5.41) is 9.48. The van der Waals surface area contributed by atoms with Crippen LogP contribution in [-0.4, -0.2) is 23.3 Å². The van der Waals surface area contributed by atoms with E-state index in [9.17, 15) is 9.90 Å². The van der Waals surface area contributed by atoms with Gasteiger partial charge in [0.15, 0.2) is 0 Å². The van der Waals surface area contributed by atoms with E-state index < -0.39 is 0 Å². The number of carbonyl (C=O) groups is 1. The van der Waals surface area contributed by atoms with Crippen molar-refractivity contribution in [1.82, 2.24) is 0 Å². The van der Waals surface area contributed by atoms with E-state index in [1.807, 2.05) is 37.3 Å². The summed E-state index contributed by atoms with van der Waals surface area (Å²) in [7, 11) is 0. The number of carbonyl (C=O) groups excluding carboxylic acids is 1. The molecule has 2 aliphatic carbocycles. The van der Waals surface area contributed by atoms with E-state index in [4.69, 9.17) is 4.74 Å². The molecule has 0 amide bonds. The number of ether oxygens (including phenoxy) is 1. The number of benzene rings is 1. The molecule has 1 aromatic rings. The van der Waals surface area contributed by atoms with E-state index in [-0.39, 0.29) is 23.6 Å². The van der Waals surface area contributed by atoms with Gasteiger partial charge in [0, 0.05) is 5.92 Å². The Morgan fingerprint density at radius 2 is 2.00 bits per heavy atom. The fourth-order valence-electron chi connectivity index (χ4n) is 5.57. The van der Waals surface area contributed by atoms with E-state index in [2.05, 4.69) is 26.0 Å². The highest BCUT2D eigenvalue weighted by Gasteiger charge is 2.53. The first-order valence-corrected chi connectivity index (χ1v) is 10.5. The average molecular weight is 371 g/mol. The predicted molar refractivity (Wildman–Crippen MR) is 108 cm³/mol. The molecule has 0 heterocycles. The molecule has 2 fully saturated rings. The van der Waals surface area contributed by atoms with Gasteiger partial charge in [0.1, 0.15) is 6.10 Å². The summed E-state index contributed by atoms with van der Waals surface area (Å²) in [5.74, 6) is 1.38. The van der Waals surface area contributed by atoms with Crippen molar-refractivity contribution in [1.29, 1.82) is 0 Å². The van der Waals surface area contributed by atoms with Crippen LogP contribution < -0.4 is 0 Å². The van der Waals surface area contributed by atoms with E-state index in [1.54, 1.807) is 0 Å². The lowest BCUT2D eigenvalue weighted by atomic mass is 9.62. The van der Waals surface area contributed by atoms with Gasteiger partial charge in [-0.25, -0.2) is 4.79 Å². The van der Waals surface area contributed by atoms with Gasteiger partial charge in [-0.05, 0) is 74.8 Å². The molecule has 2 saturated carbocycles. The Hall–Kier alpha value is -1.61. The minimum atomic E-state index is -0.281. The minimum Gasteiger partial charge on any atom is -0.458 e. The smallest absolute Gasteiger partial charge is 0.338 e. The van der Waals surface area contributed by atoms with Crippen LogP contribution in [0.15, 0.2) is 42.5 Å². The molecule has 27 heavy (non-hydrogen) atoms. The maximum atomic E-state index is 12.6. The van der Waals surface area contributed by atoms with Crippen LogP contribution in [-0.2, 0) is 4.74 Å². The zero-order valence-electron chi connectivity index (χ0n) is 16.9. The van der Waals surface area contributed by atoms with Crippen molar-refractivity contribution in [2.24, 2.45) is 23.2 Å². The molecule has 148 valence electrons. The molecular formula is C24H34O3. The third-order valence-electron chi connectivity index (χ3n) is 6.96. The third kappa shape index (κ3) is 4.45. The predicted octanol–water partition coefficient (Wildman–Crippen LogP) is 5.39. The molecule has 3 nitrogen and oxygen atoms in total. The first kappa shape index (κ1) is 20.1. The number of rotatable bonds is 6. The van der Waals surface area contributed by atoms with Crippen LogP contribution in [0.5, 0.6) is 0 Å². The lowest BCUT2D eigenvalue weighted by molar-refractivity contribution is -0.0444. The molecule has 0 bridgehead atoms. The zero-order chi connectivity index (χ0) is 19.4. The SMILES string of the molecule is C[C@H](O)C/C=C/[C@@H](C)[C@H]1CC[C@H]2[C@@H](OC(=O)c3ccccc3)CCC[C@]12C. The van der Waals surface area contributed by atoms with E-state index in [1.165, 1.54) is 12.8 Å². The maximum Gasteiger partial charge on any atom is 0.338 e. The highest BCUT2D eigenvalue weighted by molar-refractivity contribution is 5.89. The molecular weight excluding hydrogens is 336 g/mol. The van der Waals surface area contributed by atoms with Gasteiger partial charge in [-0.15, -0.1) is 0 Å². The largest absolute Gasteiger partial charge is 0.458 e. The lowest BCUT2D eigenvalue weighted by Crippen LogP contribution is -2.43. The van der Waals surface area contributed by atoms with Crippen LogP contribution in [0.4, 0.5) is 0 Å². The fourth-order valence-corrected chi connectivity index (χ4v) is 5.57. The molecule has 0 aromatic heterocycles. The molecule has 3 heteroatoms. The second-order valence-electron chi connectivity index (χ2n) is 8.87. The van der Waals surface area contributed by atoms with Crippen LogP contribution in [0.1, 0.15) is 69.7 Å². The van der Waals surface area contributed by atoms with Gasteiger partial charge in [0.2, 0.25) is 0 Å².